The van der Waals surface area contributed by atoms with Crippen molar-refractivity contribution in [2.24, 2.45) is 0 Å². The van der Waals surface area contributed by atoms with Crippen molar-refractivity contribution in [3.63, 3.8) is 0 Å². The van der Waals surface area contributed by atoms with Gasteiger partial charge in [0.2, 0.25) is 0 Å². The lowest BCUT2D eigenvalue weighted by atomic mass is 10.3. The summed E-state index contributed by atoms with van der Waals surface area (Å²) in [4.78, 5) is 7.00. The van der Waals surface area contributed by atoms with Gasteiger partial charge in [0.1, 0.15) is 5.03 Å². The number of rotatable bonds is 6. The Labute approximate surface area is 76.6 Å². The zero-order valence-corrected chi connectivity index (χ0v) is 7.81. The van der Waals surface area contributed by atoms with E-state index in [4.69, 9.17) is 5.11 Å². The van der Waals surface area contributed by atoms with Gasteiger partial charge in [-0.05, 0) is 18.6 Å². The molecule has 12 heavy (non-hydrogen) atoms. The van der Waals surface area contributed by atoms with Gasteiger partial charge in [-0.2, -0.15) is 0 Å². The zero-order valence-electron chi connectivity index (χ0n) is 6.99. The van der Waals surface area contributed by atoms with Crippen molar-refractivity contribution in [3.8, 4) is 0 Å². The van der Waals surface area contributed by atoms with Crippen molar-refractivity contribution in [3.05, 3.63) is 12.5 Å². The van der Waals surface area contributed by atoms with Crippen molar-refractivity contribution in [2.75, 3.05) is 12.4 Å². The fraction of sp³-hybridized carbons (Fsp3) is 0.625. The molecule has 4 heteroatoms. The largest absolute Gasteiger partial charge is 0.396 e. The van der Waals surface area contributed by atoms with E-state index in [1.54, 1.807) is 18.1 Å². The first-order chi connectivity index (χ1) is 5.93. The van der Waals surface area contributed by atoms with Gasteiger partial charge in [0, 0.05) is 12.8 Å². The number of aromatic nitrogens is 2. The molecule has 1 heterocycles. The Morgan fingerprint density at radius 1 is 1.42 bits per heavy atom. The van der Waals surface area contributed by atoms with Crippen LogP contribution in [0.2, 0.25) is 0 Å². The number of thioether (sulfide) groups is 1. The zero-order chi connectivity index (χ0) is 8.65. The average Bonchev–Trinajstić information content (AvgIpc) is 2.57. The third-order valence-electron chi connectivity index (χ3n) is 1.53. The van der Waals surface area contributed by atoms with Crippen LogP contribution in [0.15, 0.2) is 17.6 Å². The van der Waals surface area contributed by atoms with E-state index in [1.165, 1.54) is 0 Å². The average molecular weight is 186 g/mol. The highest BCUT2D eigenvalue weighted by Gasteiger charge is 1.94. The van der Waals surface area contributed by atoms with Gasteiger partial charge in [-0.25, -0.2) is 4.98 Å². The number of H-pyrrole nitrogens is 1. The molecule has 68 valence electrons. The van der Waals surface area contributed by atoms with E-state index in [9.17, 15) is 0 Å². The minimum atomic E-state index is 0.313. The Kier molecular flexibility index (Phi) is 4.87. The van der Waals surface area contributed by atoms with Crippen LogP contribution in [0.1, 0.15) is 19.3 Å². The SMILES string of the molecule is OCCCCCSc1c[nH]cn1. The lowest BCUT2D eigenvalue weighted by Crippen LogP contribution is -1.85. The first-order valence-electron chi connectivity index (χ1n) is 4.16. The van der Waals surface area contributed by atoms with Crippen LogP contribution in [-0.2, 0) is 0 Å². The summed E-state index contributed by atoms with van der Waals surface area (Å²) in [7, 11) is 0. The van der Waals surface area contributed by atoms with Crippen LogP contribution in [0, 0.1) is 0 Å². The molecule has 0 aliphatic heterocycles. The molecule has 0 radical (unpaired) electrons. The molecule has 0 unspecified atom stereocenters. The number of imidazole rings is 1. The quantitative estimate of drug-likeness (QED) is 0.525. The molecule has 3 nitrogen and oxygen atoms in total. The molecule has 0 fully saturated rings. The molecule has 0 spiro atoms. The van der Waals surface area contributed by atoms with Crippen molar-refractivity contribution >= 4 is 11.8 Å². The molecule has 0 aliphatic rings. The van der Waals surface area contributed by atoms with E-state index < -0.39 is 0 Å². The Bertz CT molecular complexity index is 189. The molecule has 1 aromatic rings. The van der Waals surface area contributed by atoms with Crippen molar-refractivity contribution < 1.29 is 5.11 Å². The second kappa shape index (κ2) is 6.08. The highest BCUT2D eigenvalue weighted by molar-refractivity contribution is 7.99. The third-order valence-corrected chi connectivity index (χ3v) is 2.54. The van der Waals surface area contributed by atoms with E-state index in [1.807, 2.05) is 6.20 Å². The monoisotopic (exact) mass is 186 g/mol. The molecule has 2 N–H and O–H groups in total. The maximum Gasteiger partial charge on any atom is 0.114 e. The van der Waals surface area contributed by atoms with Gasteiger partial charge in [0.25, 0.3) is 0 Å². The molecule has 0 aliphatic carbocycles. The molecular weight excluding hydrogens is 172 g/mol. The summed E-state index contributed by atoms with van der Waals surface area (Å²) in [5.74, 6) is 1.09. The number of aliphatic hydroxyl groups excluding tert-OH is 1. The molecule has 0 amide bonds. The van der Waals surface area contributed by atoms with Gasteiger partial charge in [-0.1, -0.05) is 6.42 Å². The fourth-order valence-corrected chi connectivity index (χ4v) is 1.73. The van der Waals surface area contributed by atoms with E-state index in [0.29, 0.717) is 6.61 Å². The van der Waals surface area contributed by atoms with E-state index >= 15 is 0 Å². The Morgan fingerprint density at radius 2 is 2.33 bits per heavy atom. The van der Waals surface area contributed by atoms with Crippen molar-refractivity contribution in [1.29, 1.82) is 0 Å². The first kappa shape index (κ1) is 9.61. The van der Waals surface area contributed by atoms with Gasteiger partial charge in [-0.3, -0.25) is 0 Å². The summed E-state index contributed by atoms with van der Waals surface area (Å²) in [6, 6.07) is 0. The summed E-state index contributed by atoms with van der Waals surface area (Å²) in [6.45, 7) is 0.313. The second-order valence-electron chi connectivity index (χ2n) is 2.54. The normalized spacial score (nSPS) is 10.4. The molecule has 0 saturated heterocycles. The van der Waals surface area contributed by atoms with E-state index in [0.717, 1.165) is 30.0 Å². The Balaban J connectivity index is 1.96. The minimum Gasteiger partial charge on any atom is -0.396 e. The van der Waals surface area contributed by atoms with E-state index in [2.05, 4.69) is 9.97 Å². The van der Waals surface area contributed by atoms with Crippen molar-refractivity contribution in [2.45, 2.75) is 24.3 Å². The number of nitrogens with one attached hydrogen (secondary N) is 1. The topological polar surface area (TPSA) is 48.9 Å². The minimum absolute atomic E-state index is 0.313. The van der Waals surface area contributed by atoms with E-state index in [-0.39, 0.29) is 0 Å². The fourth-order valence-electron chi connectivity index (χ4n) is 0.893. The van der Waals surface area contributed by atoms with Gasteiger partial charge in [0.15, 0.2) is 0 Å². The lowest BCUT2D eigenvalue weighted by Gasteiger charge is -1.96. The smallest absolute Gasteiger partial charge is 0.114 e. The third kappa shape index (κ3) is 3.78. The predicted octanol–water partition coefficient (Wildman–Crippen LogP) is 1.66. The number of aliphatic hydroxyl groups is 1. The number of aromatic amines is 1. The number of nitrogens with zero attached hydrogens (tertiary/aromatic N) is 1. The molecule has 0 aromatic carbocycles. The molecule has 1 rings (SSSR count). The van der Waals surface area contributed by atoms with Gasteiger partial charge in [-0.15, -0.1) is 11.8 Å². The van der Waals surface area contributed by atoms with Crippen LogP contribution in [0.5, 0.6) is 0 Å². The highest BCUT2D eigenvalue weighted by atomic mass is 32.2. The summed E-state index contributed by atoms with van der Waals surface area (Å²) in [6.07, 6.45) is 6.76. The molecule has 1 aromatic heterocycles. The highest BCUT2D eigenvalue weighted by Crippen LogP contribution is 2.15. The van der Waals surface area contributed by atoms with Crippen molar-refractivity contribution in [1.82, 2.24) is 9.97 Å². The van der Waals surface area contributed by atoms with Crippen LogP contribution in [0.4, 0.5) is 0 Å². The lowest BCUT2D eigenvalue weighted by molar-refractivity contribution is 0.284. The summed E-state index contributed by atoms with van der Waals surface area (Å²) in [5, 5.41) is 9.58. The summed E-state index contributed by atoms with van der Waals surface area (Å²) < 4.78 is 0. The van der Waals surface area contributed by atoms with Gasteiger partial charge in [0.05, 0.1) is 6.33 Å². The predicted molar refractivity (Wildman–Crippen MR) is 50.2 cm³/mol. The van der Waals surface area contributed by atoms with Crippen LogP contribution in [-0.4, -0.2) is 27.4 Å². The maximum absolute atomic E-state index is 8.53. The number of hydrogen-bond acceptors (Lipinski definition) is 3. The standard InChI is InChI=1S/C8H14N2OS/c11-4-2-1-3-5-12-8-6-9-7-10-8/h6-7,11H,1-5H2,(H,9,10). The first-order valence-corrected chi connectivity index (χ1v) is 5.14. The maximum atomic E-state index is 8.53. The molecule has 0 atom stereocenters. The van der Waals surface area contributed by atoms with Crippen LogP contribution in [0.3, 0.4) is 0 Å². The van der Waals surface area contributed by atoms with Gasteiger partial charge >= 0.3 is 0 Å². The number of unbranched alkanes of at least 4 members (excludes halogenated alkanes) is 2. The van der Waals surface area contributed by atoms with Crippen LogP contribution < -0.4 is 0 Å². The van der Waals surface area contributed by atoms with Crippen LogP contribution in [0.25, 0.3) is 0 Å². The summed E-state index contributed by atoms with van der Waals surface area (Å²) >= 11 is 1.75. The molecular formula is C8H14N2OS. The second-order valence-corrected chi connectivity index (χ2v) is 3.66. The Morgan fingerprint density at radius 3 is 3.00 bits per heavy atom. The van der Waals surface area contributed by atoms with Gasteiger partial charge < -0.3 is 10.1 Å². The molecule has 0 bridgehead atoms. The molecule has 0 saturated carbocycles. The number of hydrogen-bond donors (Lipinski definition) is 2. The van der Waals surface area contributed by atoms with Crippen LogP contribution >= 0.6 is 11.8 Å². The summed E-state index contributed by atoms with van der Waals surface area (Å²) in [5.41, 5.74) is 0. The Hall–Kier alpha value is -0.480.